The molecule has 0 spiro atoms. The van der Waals surface area contributed by atoms with Gasteiger partial charge in [-0.2, -0.15) is 31.6 Å². The van der Waals surface area contributed by atoms with Crippen LogP contribution in [0, 0.1) is 11.3 Å². The minimum absolute atomic E-state index is 0. The summed E-state index contributed by atoms with van der Waals surface area (Å²) in [5.74, 6) is 0. The van der Waals surface area contributed by atoms with E-state index in [4.69, 9.17) is 31.2 Å². The molecule has 7 nitrogen and oxygen atoms in total. The Bertz CT molecular complexity index is 459. The molecule has 0 aliphatic carbocycles. The van der Waals surface area contributed by atoms with Crippen molar-refractivity contribution in [3.63, 3.8) is 0 Å². The maximum Gasteiger partial charge on any atom is 2.00 e. The van der Waals surface area contributed by atoms with Gasteiger partial charge in [-0.3, -0.25) is 0 Å². The van der Waals surface area contributed by atoms with Crippen molar-refractivity contribution in [2.75, 3.05) is 0 Å². The van der Waals surface area contributed by atoms with E-state index in [1.165, 1.54) is 6.92 Å². The van der Waals surface area contributed by atoms with Crippen LogP contribution in [0.3, 0.4) is 0 Å². The standard InChI is InChI=1S/C2H3N.2CHF3O3S.Ni/c1-2-3;2*2-1(3,4)8(5,6)7;/h1H3;2*(H,5,6,7);/q;;;+2/p-2. The molecule has 0 aromatic rings. The van der Waals surface area contributed by atoms with E-state index < -0.39 is 31.3 Å². The van der Waals surface area contributed by atoms with E-state index in [1.807, 2.05) is 0 Å². The largest absolute Gasteiger partial charge is 2.00 e. The molecule has 0 saturated carbocycles. The molecule has 0 bridgehead atoms. The molecule has 0 aromatic heterocycles. The van der Waals surface area contributed by atoms with Crippen LogP contribution < -0.4 is 0 Å². The Kier molecular flexibility index (Phi) is 12.9. The van der Waals surface area contributed by atoms with Crippen molar-refractivity contribution >= 4 is 20.2 Å². The molecule has 20 heavy (non-hydrogen) atoms. The van der Waals surface area contributed by atoms with Gasteiger partial charge in [0, 0.05) is 6.92 Å². The van der Waals surface area contributed by atoms with Gasteiger partial charge in [-0.05, 0) is 0 Å². The smallest absolute Gasteiger partial charge is 0.741 e. The van der Waals surface area contributed by atoms with Crippen LogP contribution in [0.15, 0.2) is 0 Å². The van der Waals surface area contributed by atoms with E-state index in [2.05, 4.69) is 0 Å². The van der Waals surface area contributed by atoms with Gasteiger partial charge in [0.05, 0.1) is 6.07 Å². The van der Waals surface area contributed by atoms with Crippen molar-refractivity contribution < 1.29 is 68.8 Å². The fourth-order valence-corrected chi connectivity index (χ4v) is 0. The van der Waals surface area contributed by atoms with Gasteiger partial charge in [-0.1, -0.05) is 0 Å². The number of rotatable bonds is 0. The van der Waals surface area contributed by atoms with E-state index in [0.717, 1.165) is 0 Å². The maximum absolute atomic E-state index is 10.7. The average molecular weight is 398 g/mol. The van der Waals surface area contributed by atoms with Crippen LogP contribution >= 0.6 is 0 Å². The Balaban J connectivity index is -0.000000103. The van der Waals surface area contributed by atoms with Gasteiger partial charge in [-0.25, -0.2) is 16.8 Å². The zero-order chi connectivity index (χ0) is 16.7. The van der Waals surface area contributed by atoms with Crippen LogP contribution in [0.25, 0.3) is 0 Å². The summed E-state index contributed by atoms with van der Waals surface area (Å²) in [6.45, 7) is 1.43. The van der Waals surface area contributed by atoms with Crippen molar-refractivity contribution in [3.8, 4) is 6.07 Å². The molecular weight excluding hydrogens is 395 g/mol. The van der Waals surface area contributed by atoms with Gasteiger partial charge in [0.15, 0.2) is 20.2 Å². The minimum Gasteiger partial charge on any atom is -0.741 e. The van der Waals surface area contributed by atoms with Crippen molar-refractivity contribution in [2.24, 2.45) is 0 Å². The summed E-state index contributed by atoms with van der Waals surface area (Å²) in [4.78, 5) is 0. The first-order chi connectivity index (χ1) is 7.91. The third-order valence-corrected chi connectivity index (χ3v) is 1.70. The molecule has 0 aromatic carbocycles. The van der Waals surface area contributed by atoms with Gasteiger partial charge in [0.1, 0.15) is 0 Å². The topological polar surface area (TPSA) is 138 Å². The van der Waals surface area contributed by atoms with E-state index in [1.54, 1.807) is 6.07 Å². The third-order valence-electron chi connectivity index (χ3n) is 0.567. The molecule has 0 rings (SSSR count). The van der Waals surface area contributed by atoms with Gasteiger partial charge in [0.2, 0.25) is 0 Å². The Morgan fingerprint density at radius 2 is 0.900 bits per heavy atom. The Hall–Kier alpha value is -0.616. The molecule has 0 radical (unpaired) electrons. The van der Waals surface area contributed by atoms with Gasteiger partial charge in [-0.15, -0.1) is 0 Å². The zero-order valence-corrected chi connectivity index (χ0v) is 11.4. The number of alkyl halides is 6. The summed E-state index contributed by atoms with van der Waals surface area (Å²) < 4.78 is 118. The molecule has 0 saturated heterocycles. The molecular formula is C4H3F6NNiO6S2. The van der Waals surface area contributed by atoms with E-state index in [9.17, 15) is 26.3 Å². The molecule has 124 valence electrons. The summed E-state index contributed by atoms with van der Waals surface area (Å²) in [5.41, 5.74) is -11.3. The van der Waals surface area contributed by atoms with E-state index >= 15 is 0 Å². The molecule has 16 heteroatoms. The third kappa shape index (κ3) is 15.4. The average Bonchev–Trinajstić information content (AvgIpc) is 1.97. The van der Waals surface area contributed by atoms with Crippen LogP contribution in [0.2, 0.25) is 0 Å². The second kappa shape index (κ2) is 9.34. The monoisotopic (exact) mass is 397 g/mol. The minimum atomic E-state index is -6.09. The fraction of sp³-hybridized carbons (Fsp3) is 0.750. The van der Waals surface area contributed by atoms with Gasteiger partial charge < -0.3 is 9.11 Å². The molecule has 0 amide bonds. The predicted molar refractivity (Wildman–Crippen MR) is 42.8 cm³/mol. The van der Waals surface area contributed by atoms with Crippen molar-refractivity contribution in [1.29, 1.82) is 5.26 Å². The first-order valence-corrected chi connectivity index (χ1v) is 6.08. The SMILES string of the molecule is CC#N.O=S(=O)([O-])C(F)(F)F.O=S(=O)([O-])C(F)(F)F.[Ni+2]. The fourth-order valence-electron chi connectivity index (χ4n) is 0. The second-order valence-electron chi connectivity index (χ2n) is 2.02. The first kappa shape index (κ1) is 27.7. The van der Waals surface area contributed by atoms with Crippen molar-refractivity contribution in [3.05, 3.63) is 0 Å². The predicted octanol–water partition coefficient (Wildman–Crippen LogP) is 0.630. The second-order valence-corrected chi connectivity index (χ2v) is 4.77. The quantitative estimate of drug-likeness (QED) is 0.253. The summed E-state index contributed by atoms with van der Waals surface area (Å²) >= 11 is 0. The summed E-state index contributed by atoms with van der Waals surface area (Å²) in [6, 6.07) is 1.75. The maximum atomic E-state index is 10.7. The van der Waals surface area contributed by atoms with Crippen molar-refractivity contribution in [1.82, 2.24) is 0 Å². The molecule has 0 atom stereocenters. The first-order valence-electron chi connectivity index (χ1n) is 3.27. The number of hydrogen-bond acceptors (Lipinski definition) is 7. The summed E-state index contributed by atoms with van der Waals surface area (Å²) in [5, 5.41) is 7.32. The molecule has 0 fully saturated rings. The summed E-state index contributed by atoms with van der Waals surface area (Å²) in [6.07, 6.45) is 0. The Morgan fingerprint density at radius 3 is 0.900 bits per heavy atom. The number of nitrogens with zero attached hydrogens (tertiary/aromatic N) is 1. The molecule has 0 heterocycles. The van der Waals surface area contributed by atoms with Crippen LogP contribution in [-0.2, 0) is 36.7 Å². The zero-order valence-electron chi connectivity index (χ0n) is 8.80. The number of nitriles is 1. The Labute approximate surface area is 119 Å². The van der Waals surface area contributed by atoms with Gasteiger partial charge in [0.25, 0.3) is 0 Å². The van der Waals surface area contributed by atoms with Crippen LogP contribution in [0.4, 0.5) is 26.3 Å². The number of hydrogen-bond donors (Lipinski definition) is 0. The summed E-state index contributed by atoms with van der Waals surface area (Å²) in [7, 11) is -12.2. The normalized spacial score (nSPS) is 11.6. The molecule has 0 unspecified atom stereocenters. The Morgan fingerprint density at radius 1 is 0.850 bits per heavy atom. The molecule has 0 aliphatic heterocycles. The van der Waals surface area contributed by atoms with Crippen LogP contribution in [-0.4, -0.2) is 37.0 Å². The van der Waals surface area contributed by atoms with Crippen molar-refractivity contribution in [2.45, 2.75) is 17.9 Å². The van der Waals surface area contributed by atoms with Crippen LogP contribution in [0.1, 0.15) is 6.92 Å². The molecule has 0 N–H and O–H groups in total. The van der Waals surface area contributed by atoms with E-state index in [-0.39, 0.29) is 16.5 Å². The van der Waals surface area contributed by atoms with E-state index in [0.29, 0.717) is 0 Å². The van der Waals surface area contributed by atoms with Crippen LogP contribution in [0.5, 0.6) is 0 Å². The number of halogens is 6. The van der Waals surface area contributed by atoms with Gasteiger partial charge >= 0.3 is 27.5 Å². The molecule has 0 aliphatic rings.